The minimum Gasteiger partial charge on any atom is -0.397 e. The summed E-state index contributed by atoms with van der Waals surface area (Å²) in [6.45, 7) is 4.19. The molecular weight excluding hydrogens is 392 g/mol. The fourth-order valence-electron chi connectivity index (χ4n) is 4.36. The average molecular weight is 416 g/mol. The van der Waals surface area contributed by atoms with Crippen molar-refractivity contribution in [2.45, 2.75) is 32.6 Å². The SMILES string of the molecule is CC1=CN2C(=NC3C2C(=O)N(Cc2ccc(C)cc2)C(=O)N3C)N1c1ccccc1N. The van der Waals surface area contributed by atoms with Crippen LogP contribution in [0.1, 0.15) is 18.1 Å². The zero-order valence-electron chi connectivity index (χ0n) is 17.7. The van der Waals surface area contributed by atoms with Gasteiger partial charge in [0, 0.05) is 18.9 Å². The van der Waals surface area contributed by atoms with Gasteiger partial charge < -0.3 is 15.5 Å². The first-order valence-corrected chi connectivity index (χ1v) is 10.2. The van der Waals surface area contributed by atoms with Crippen molar-refractivity contribution in [1.29, 1.82) is 0 Å². The number of nitrogens with two attached hydrogens (primary N) is 1. The van der Waals surface area contributed by atoms with Gasteiger partial charge in [-0.1, -0.05) is 42.0 Å². The van der Waals surface area contributed by atoms with Crippen LogP contribution in [-0.4, -0.2) is 51.9 Å². The summed E-state index contributed by atoms with van der Waals surface area (Å²) < 4.78 is 0. The average Bonchev–Trinajstić information content (AvgIpc) is 3.26. The Morgan fingerprint density at radius 2 is 1.74 bits per heavy atom. The number of carbonyl (C=O) groups excluding carboxylic acids is 2. The van der Waals surface area contributed by atoms with Crippen molar-refractivity contribution in [1.82, 2.24) is 14.7 Å². The second kappa shape index (κ2) is 6.87. The molecule has 2 aromatic carbocycles. The Labute approximate surface area is 180 Å². The van der Waals surface area contributed by atoms with E-state index in [0.29, 0.717) is 11.6 Å². The first kappa shape index (κ1) is 19.2. The van der Waals surface area contributed by atoms with E-state index in [9.17, 15) is 9.59 Å². The first-order chi connectivity index (χ1) is 14.9. The number of benzene rings is 2. The third-order valence-electron chi connectivity index (χ3n) is 6.03. The monoisotopic (exact) mass is 416 g/mol. The number of para-hydroxylation sites is 2. The molecule has 0 aliphatic carbocycles. The number of nitrogen functional groups attached to an aromatic ring is 1. The van der Waals surface area contributed by atoms with Crippen LogP contribution < -0.4 is 10.6 Å². The predicted octanol–water partition coefficient (Wildman–Crippen LogP) is 2.72. The molecule has 0 radical (unpaired) electrons. The molecule has 2 atom stereocenters. The van der Waals surface area contributed by atoms with Crippen molar-refractivity contribution in [3.63, 3.8) is 0 Å². The number of hydrogen-bond donors (Lipinski definition) is 1. The Morgan fingerprint density at radius 1 is 1.03 bits per heavy atom. The number of fused-ring (bicyclic) bond motifs is 3. The van der Waals surface area contributed by atoms with Crippen molar-refractivity contribution < 1.29 is 9.59 Å². The van der Waals surface area contributed by atoms with E-state index in [-0.39, 0.29) is 18.5 Å². The predicted molar refractivity (Wildman–Crippen MR) is 119 cm³/mol. The van der Waals surface area contributed by atoms with E-state index in [1.807, 2.05) is 78.4 Å². The van der Waals surface area contributed by atoms with Gasteiger partial charge in [0.15, 0.2) is 12.2 Å². The van der Waals surface area contributed by atoms with Gasteiger partial charge in [0.2, 0.25) is 5.96 Å². The summed E-state index contributed by atoms with van der Waals surface area (Å²) in [6.07, 6.45) is 1.32. The standard InChI is InChI=1S/C23H24N6O2/c1-14-8-10-16(11-9-14)13-28-21(30)19-20(26(3)23(28)31)25-22-27(19)12-15(2)29(22)18-7-5-4-6-17(18)24/h4-12,19-20H,13,24H2,1-3H3. The van der Waals surface area contributed by atoms with Crippen LogP contribution in [0.25, 0.3) is 0 Å². The van der Waals surface area contributed by atoms with Gasteiger partial charge in [0.25, 0.3) is 5.91 Å². The molecule has 0 bridgehead atoms. The maximum absolute atomic E-state index is 13.5. The van der Waals surface area contributed by atoms with E-state index < -0.39 is 12.2 Å². The highest BCUT2D eigenvalue weighted by Crippen LogP contribution is 2.38. The van der Waals surface area contributed by atoms with Gasteiger partial charge in [-0.2, -0.15) is 0 Å². The van der Waals surface area contributed by atoms with E-state index in [0.717, 1.165) is 22.5 Å². The van der Waals surface area contributed by atoms with Crippen LogP contribution in [0.3, 0.4) is 0 Å². The Kier molecular flexibility index (Phi) is 4.25. The number of allylic oxidation sites excluding steroid dienone is 1. The summed E-state index contributed by atoms with van der Waals surface area (Å²) >= 11 is 0. The summed E-state index contributed by atoms with van der Waals surface area (Å²) in [7, 11) is 1.69. The number of guanidine groups is 1. The molecule has 5 rings (SSSR count). The van der Waals surface area contributed by atoms with Crippen LogP contribution in [0.4, 0.5) is 16.2 Å². The Morgan fingerprint density at radius 3 is 2.45 bits per heavy atom. The molecule has 3 heterocycles. The summed E-state index contributed by atoms with van der Waals surface area (Å²) in [5.74, 6) is 0.356. The first-order valence-electron chi connectivity index (χ1n) is 10.2. The molecule has 8 heteroatoms. The van der Waals surface area contributed by atoms with Crippen molar-refractivity contribution in [2.75, 3.05) is 17.7 Å². The van der Waals surface area contributed by atoms with Crippen LogP contribution in [0.2, 0.25) is 0 Å². The van der Waals surface area contributed by atoms with Crippen LogP contribution in [0.5, 0.6) is 0 Å². The maximum atomic E-state index is 13.5. The number of urea groups is 1. The molecule has 8 nitrogen and oxygen atoms in total. The Bertz CT molecular complexity index is 1140. The molecule has 158 valence electrons. The molecule has 2 N–H and O–H groups in total. The van der Waals surface area contributed by atoms with Crippen molar-refractivity contribution in [3.8, 4) is 0 Å². The van der Waals surface area contributed by atoms with Gasteiger partial charge in [0.1, 0.15) is 0 Å². The summed E-state index contributed by atoms with van der Waals surface area (Å²) in [6, 6.07) is 14.4. The molecule has 3 amide bonds. The fraction of sp³-hybridized carbons (Fsp3) is 0.261. The minimum atomic E-state index is -0.604. The molecule has 0 spiro atoms. The van der Waals surface area contributed by atoms with E-state index in [1.165, 1.54) is 4.90 Å². The number of carbonyl (C=O) groups is 2. The van der Waals surface area contributed by atoms with E-state index in [4.69, 9.17) is 10.7 Å². The van der Waals surface area contributed by atoms with Crippen LogP contribution in [0, 0.1) is 6.92 Å². The number of nitrogens with zero attached hydrogens (tertiary/aromatic N) is 5. The van der Waals surface area contributed by atoms with Gasteiger partial charge in [-0.3, -0.25) is 14.6 Å². The highest BCUT2D eigenvalue weighted by molar-refractivity contribution is 6.10. The van der Waals surface area contributed by atoms with Crippen LogP contribution >= 0.6 is 0 Å². The maximum Gasteiger partial charge on any atom is 0.328 e. The minimum absolute atomic E-state index is 0.229. The number of aliphatic imine (C=N–C) groups is 1. The number of anilines is 2. The van der Waals surface area contributed by atoms with Crippen molar-refractivity contribution in [2.24, 2.45) is 4.99 Å². The Hall–Kier alpha value is -3.81. The molecule has 3 aliphatic rings. The van der Waals surface area contributed by atoms with Crippen LogP contribution in [-0.2, 0) is 11.3 Å². The Balaban J connectivity index is 1.48. The van der Waals surface area contributed by atoms with E-state index in [1.54, 1.807) is 11.9 Å². The summed E-state index contributed by atoms with van der Waals surface area (Å²) in [4.78, 5) is 37.9. The van der Waals surface area contributed by atoms with Gasteiger partial charge in [-0.25, -0.2) is 9.79 Å². The third-order valence-corrected chi connectivity index (χ3v) is 6.03. The molecule has 0 saturated carbocycles. The number of likely N-dealkylation sites (N-methyl/N-ethyl adjacent to an activating group) is 1. The molecule has 1 fully saturated rings. The lowest BCUT2D eigenvalue weighted by Crippen LogP contribution is -2.63. The summed E-state index contributed by atoms with van der Waals surface area (Å²) in [5.41, 5.74) is 10.6. The number of amides is 3. The largest absolute Gasteiger partial charge is 0.397 e. The molecule has 2 aromatic rings. The topological polar surface area (TPSA) is 85.5 Å². The smallest absolute Gasteiger partial charge is 0.328 e. The van der Waals surface area contributed by atoms with Crippen molar-refractivity contribution >= 4 is 29.3 Å². The molecule has 2 unspecified atom stereocenters. The third kappa shape index (κ3) is 2.86. The van der Waals surface area contributed by atoms with E-state index in [2.05, 4.69) is 0 Å². The highest BCUT2D eigenvalue weighted by atomic mass is 16.2. The summed E-state index contributed by atoms with van der Waals surface area (Å²) in [5, 5.41) is 0. The quantitative estimate of drug-likeness (QED) is 0.778. The lowest BCUT2D eigenvalue weighted by Gasteiger charge is -2.40. The zero-order valence-corrected chi connectivity index (χ0v) is 17.7. The number of hydrogen-bond acceptors (Lipinski definition) is 6. The molecule has 1 saturated heterocycles. The van der Waals surface area contributed by atoms with Gasteiger partial charge in [0.05, 0.1) is 17.9 Å². The lowest BCUT2D eigenvalue weighted by atomic mass is 10.1. The van der Waals surface area contributed by atoms with Crippen LogP contribution in [0.15, 0.2) is 65.4 Å². The number of rotatable bonds is 3. The molecule has 31 heavy (non-hydrogen) atoms. The van der Waals surface area contributed by atoms with E-state index >= 15 is 0 Å². The fourth-order valence-corrected chi connectivity index (χ4v) is 4.36. The van der Waals surface area contributed by atoms with Gasteiger partial charge >= 0.3 is 6.03 Å². The molecule has 3 aliphatic heterocycles. The normalized spacial score (nSPS) is 22.5. The number of aryl methyl sites for hydroxylation is 1. The van der Waals surface area contributed by atoms with Gasteiger partial charge in [-0.15, -0.1) is 0 Å². The zero-order chi connectivity index (χ0) is 21.9. The van der Waals surface area contributed by atoms with Crippen molar-refractivity contribution in [3.05, 3.63) is 71.6 Å². The molecule has 0 aromatic heterocycles. The second-order valence-corrected chi connectivity index (χ2v) is 8.16. The highest BCUT2D eigenvalue weighted by Gasteiger charge is 2.54. The van der Waals surface area contributed by atoms with Gasteiger partial charge in [-0.05, 0) is 31.5 Å². The molecular formula is C23H24N6O2. The second-order valence-electron chi connectivity index (χ2n) is 8.16. The lowest BCUT2D eigenvalue weighted by molar-refractivity contribution is -0.137. The number of imide groups is 1.